The fourth-order valence-corrected chi connectivity index (χ4v) is 6.95. The third-order valence-corrected chi connectivity index (χ3v) is 9.12. The number of aromatic hydroxyl groups is 1. The highest BCUT2D eigenvalue weighted by Gasteiger charge is 2.47. The second kappa shape index (κ2) is 11.7. The third-order valence-electron chi connectivity index (χ3n) is 8.83. The van der Waals surface area contributed by atoms with Crippen molar-refractivity contribution in [2.75, 3.05) is 37.0 Å². The number of fused-ring (bicyclic) bond motifs is 5. The Balaban J connectivity index is 1.78. The number of halogens is 2. The Morgan fingerprint density at radius 1 is 1.17 bits per heavy atom. The van der Waals surface area contributed by atoms with Crippen LogP contribution in [-0.2, 0) is 9.59 Å². The number of aromatic nitrogens is 3. The molecule has 0 saturated carbocycles. The van der Waals surface area contributed by atoms with Crippen molar-refractivity contribution in [3.05, 3.63) is 75.4 Å². The predicted molar refractivity (Wildman–Crippen MR) is 178 cm³/mol. The molecule has 3 aromatic heterocycles. The minimum absolute atomic E-state index is 0.0168. The zero-order chi connectivity index (χ0) is 34.1. The summed E-state index contributed by atoms with van der Waals surface area (Å²) in [6.07, 6.45) is 1.21. The van der Waals surface area contributed by atoms with Crippen LogP contribution in [0.3, 0.4) is 0 Å². The number of likely N-dealkylation sites (N-methyl/N-ethyl adjacent to an activating group) is 1. The number of pyridine rings is 3. The molecule has 1 saturated heterocycles. The van der Waals surface area contributed by atoms with Gasteiger partial charge in [0.05, 0.1) is 47.0 Å². The average molecular weight is 661 g/mol. The molecule has 1 aromatic carbocycles. The summed E-state index contributed by atoms with van der Waals surface area (Å²) < 4.78 is 22.1. The number of amides is 2. The van der Waals surface area contributed by atoms with Crippen molar-refractivity contribution in [1.29, 1.82) is 0 Å². The van der Waals surface area contributed by atoms with E-state index < -0.39 is 23.5 Å². The van der Waals surface area contributed by atoms with Crippen LogP contribution in [0.25, 0.3) is 28.0 Å². The number of ether oxygens (including phenoxy) is 1. The lowest BCUT2D eigenvalue weighted by Crippen LogP contribution is -2.66. The van der Waals surface area contributed by atoms with Crippen molar-refractivity contribution >= 4 is 45.8 Å². The van der Waals surface area contributed by atoms with E-state index in [4.69, 9.17) is 21.3 Å². The van der Waals surface area contributed by atoms with E-state index in [0.717, 1.165) is 0 Å². The summed E-state index contributed by atoms with van der Waals surface area (Å²) in [5.41, 5.74) is 1.37. The number of carbonyl (C=O) groups excluding carboxylic acids is 2. The summed E-state index contributed by atoms with van der Waals surface area (Å²) in [7, 11) is 3.03. The number of anilines is 2. The molecule has 2 atom stereocenters. The van der Waals surface area contributed by atoms with Crippen molar-refractivity contribution in [2.24, 2.45) is 0 Å². The molecule has 47 heavy (non-hydrogen) atoms. The number of phenols is 1. The van der Waals surface area contributed by atoms with Gasteiger partial charge in [-0.2, -0.15) is 0 Å². The van der Waals surface area contributed by atoms with Crippen LogP contribution in [-0.4, -0.2) is 75.7 Å². The standard InChI is InChI=1S/C34H34ClFN6O5/c1-8-25(44)40-14-18(5)41-22(15-40)33(45)39(6)31-30(41)19-13-20(35)28(26-21(36)10-9-11-23(26)43)38-32(19)42(34(31)46)29-17(4)12-24(47-7)37-27(29)16(2)3/h8-13,16,18,22,43H,1,14-15H2,2-7H3/t18-,22+/m0/s1. The van der Waals surface area contributed by atoms with Gasteiger partial charge in [-0.25, -0.2) is 14.4 Å². The molecule has 2 aliphatic rings. The Morgan fingerprint density at radius 2 is 1.89 bits per heavy atom. The third kappa shape index (κ3) is 4.89. The second-order valence-electron chi connectivity index (χ2n) is 12.1. The number of methoxy groups -OCH3 is 1. The first-order chi connectivity index (χ1) is 22.3. The van der Waals surface area contributed by atoms with Crippen LogP contribution in [0.5, 0.6) is 11.6 Å². The van der Waals surface area contributed by atoms with Gasteiger partial charge in [0, 0.05) is 31.1 Å². The van der Waals surface area contributed by atoms with Crippen LogP contribution in [0.15, 0.2) is 47.8 Å². The first kappa shape index (κ1) is 32.0. The van der Waals surface area contributed by atoms with Crippen molar-refractivity contribution in [1.82, 2.24) is 19.4 Å². The summed E-state index contributed by atoms with van der Waals surface area (Å²) in [5, 5.41) is 11.1. The number of carbonyl (C=O) groups is 2. The van der Waals surface area contributed by atoms with Gasteiger partial charge in [-0.05, 0) is 49.6 Å². The number of hydrogen-bond donors (Lipinski definition) is 1. The molecule has 5 heterocycles. The summed E-state index contributed by atoms with van der Waals surface area (Å²) in [6, 6.07) is 5.92. The molecule has 0 unspecified atom stereocenters. The lowest BCUT2D eigenvalue weighted by Gasteiger charge is -2.50. The first-order valence-corrected chi connectivity index (χ1v) is 15.5. The molecule has 244 valence electrons. The largest absolute Gasteiger partial charge is 0.507 e. The number of piperazine rings is 1. The fourth-order valence-electron chi connectivity index (χ4n) is 6.71. The lowest BCUT2D eigenvalue weighted by atomic mass is 9.97. The van der Waals surface area contributed by atoms with Gasteiger partial charge in [0.25, 0.3) is 11.5 Å². The molecule has 6 rings (SSSR count). The highest BCUT2D eigenvalue weighted by atomic mass is 35.5. The molecule has 0 aliphatic carbocycles. The van der Waals surface area contributed by atoms with E-state index in [2.05, 4.69) is 11.6 Å². The molecule has 0 bridgehead atoms. The molecular formula is C34H34ClFN6O5. The van der Waals surface area contributed by atoms with Gasteiger partial charge in [-0.3, -0.25) is 19.0 Å². The number of nitrogens with zero attached hydrogens (tertiary/aromatic N) is 6. The van der Waals surface area contributed by atoms with Crippen molar-refractivity contribution in [2.45, 2.75) is 45.7 Å². The summed E-state index contributed by atoms with van der Waals surface area (Å²) in [5.74, 6) is -1.63. The van der Waals surface area contributed by atoms with E-state index in [-0.39, 0.29) is 64.2 Å². The molecule has 13 heteroatoms. The van der Waals surface area contributed by atoms with E-state index in [9.17, 15) is 19.5 Å². The molecule has 2 amide bonds. The minimum atomic E-state index is -0.816. The van der Waals surface area contributed by atoms with Crippen LogP contribution in [0.1, 0.15) is 37.9 Å². The number of benzene rings is 1. The maximum Gasteiger partial charge on any atom is 0.283 e. The van der Waals surface area contributed by atoms with E-state index in [0.29, 0.717) is 33.9 Å². The average Bonchev–Trinajstić information content (AvgIpc) is 3.03. The quantitative estimate of drug-likeness (QED) is 0.299. The number of phenolic OH excluding ortho intramolecular Hbond substituents is 1. The monoisotopic (exact) mass is 660 g/mol. The predicted octanol–water partition coefficient (Wildman–Crippen LogP) is 4.95. The zero-order valence-corrected chi connectivity index (χ0v) is 27.6. The Morgan fingerprint density at radius 3 is 2.53 bits per heavy atom. The van der Waals surface area contributed by atoms with Crippen LogP contribution in [0.4, 0.5) is 15.8 Å². The number of aryl methyl sites for hydroxylation is 1. The molecular weight excluding hydrogens is 627 g/mol. The summed E-state index contributed by atoms with van der Waals surface area (Å²) in [4.78, 5) is 55.8. The van der Waals surface area contributed by atoms with Gasteiger partial charge in [0.1, 0.15) is 23.3 Å². The Kier molecular flexibility index (Phi) is 7.95. The van der Waals surface area contributed by atoms with Gasteiger partial charge >= 0.3 is 0 Å². The van der Waals surface area contributed by atoms with Gasteiger partial charge < -0.3 is 24.5 Å². The van der Waals surface area contributed by atoms with Gasteiger partial charge in [-0.1, -0.05) is 38.1 Å². The first-order valence-electron chi connectivity index (χ1n) is 15.1. The van der Waals surface area contributed by atoms with Crippen molar-refractivity contribution < 1.29 is 23.8 Å². The Bertz CT molecular complexity index is 2040. The molecule has 2 aliphatic heterocycles. The maximum absolute atomic E-state index is 15.3. The van der Waals surface area contributed by atoms with Gasteiger partial charge in [-0.15, -0.1) is 0 Å². The van der Waals surface area contributed by atoms with Gasteiger partial charge in [0.15, 0.2) is 5.65 Å². The van der Waals surface area contributed by atoms with Crippen LogP contribution >= 0.6 is 11.6 Å². The summed E-state index contributed by atoms with van der Waals surface area (Å²) >= 11 is 6.86. The molecule has 1 fully saturated rings. The van der Waals surface area contributed by atoms with Gasteiger partial charge in [0.2, 0.25) is 11.8 Å². The molecule has 4 aromatic rings. The SMILES string of the molecule is C=CC(=O)N1C[C@@H]2C(=O)N(C)c3c(c4cc(Cl)c(-c5c(O)cccc5F)nc4n(-c4c(C)cc(OC)nc4C(C)C)c3=O)N2[C@@H](C)C1. The Hall–Kier alpha value is -4.97. The second-order valence-corrected chi connectivity index (χ2v) is 12.6. The number of hydrogen-bond acceptors (Lipinski definition) is 8. The fraction of sp³-hybridized carbons (Fsp3) is 0.324. The smallest absolute Gasteiger partial charge is 0.283 e. The zero-order valence-electron chi connectivity index (χ0n) is 26.8. The van der Waals surface area contributed by atoms with Crippen molar-refractivity contribution in [3.63, 3.8) is 0 Å². The van der Waals surface area contributed by atoms with E-state index in [1.54, 1.807) is 17.0 Å². The molecule has 11 nitrogen and oxygen atoms in total. The van der Waals surface area contributed by atoms with Crippen LogP contribution in [0, 0.1) is 12.7 Å². The highest BCUT2D eigenvalue weighted by molar-refractivity contribution is 6.34. The van der Waals surface area contributed by atoms with Crippen LogP contribution < -0.4 is 20.1 Å². The van der Waals surface area contributed by atoms with E-state index >= 15 is 4.39 Å². The molecule has 0 radical (unpaired) electrons. The maximum atomic E-state index is 15.3. The topological polar surface area (TPSA) is 121 Å². The minimum Gasteiger partial charge on any atom is -0.507 e. The lowest BCUT2D eigenvalue weighted by molar-refractivity contribution is -0.129. The van der Waals surface area contributed by atoms with E-state index in [1.807, 2.05) is 32.6 Å². The summed E-state index contributed by atoms with van der Waals surface area (Å²) in [6.45, 7) is 11.5. The number of rotatable bonds is 5. The molecule has 0 spiro atoms. The normalized spacial score (nSPS) is 17.6. The molecule has 1 N–H and O–H groups in total. The van der Waals surface area contributed by atoms with Crippen LogP contribution in [0.2, 0.25) is 5.02 Å². The highest BCUT2D eigenvalue weighted by Crippen LogP contribution is 2.45. The Labute approximate surface area is 275 Å². The van der Waals surface area contributed by atoms with Crippen molar-refractivity contribution in [3.8, 4) is 28.6 Å². The van der Waals surface area contributed by atoms with E-state index in [1.165, 1.54) is 47.9 Å².